The van der Waals surface area contributed by atoms with E-state index in [1.54, 1.807) is 17.2 Å². The number of ether oxygens (including phenoxy) is 2. The third kappa shape index (κ3) is 4.38. The van der Waals surface area contributed by atoms with E-state index in [1.165, 1.54) is 10.7 Å². The van der Waals surface area contributed by atoms with Gasteiger partial charge in [-0.15, -0.1) is 0 Å². The Kier molecular flexibility index (Phi) is 5.39. The summed E-state index contributed by atoms with van der Waals surface area (Å²) < 4.78 is 13.4. The van der Waals surface area contributed by atoms with Crippen LogP contribution in [0.2, 0.25) is 0 Å². The Morgan fingerprint density at radius 2 is 2.36 bits per heavy atom. The van der Waals surface area contributed by atoms with Gasteiger partial charge in [-0.25, -0.2) is 9.48 Å². The van der Waals surface area contributed by atoms with Crippen LogP contribution in [-0.4, -0.2) is 64.8 Å². The number of carbonyl (C=O) groups excluding carboxylic acids is 1. The zero-order valence-electron chi connectivity index (χ0n) is 14.8. The first kappa shape index (κ1) is 17.9. The zero-order valence-corrected chi connectivity index (χ0v) is 14.8. The van der Waals surface area contributed by atoms with Gasteiger partial charge in [-0.1, -0.05) is 0 Å². The van der Waals surface area contributed by atoms with Crippen LogP contribution in [0.25, 0.3) is 0 Å². The van der Waals surface area contributed by atoms with Gasteiger partial charge in [0.2, 0.25) is 0 Å². The summed E-state index contributed by atoms with van der Waals surface area (Å²) in [5.74, 6) is 0. The average molecular weight is 350 g/mol. The van der Waals surface area contributed by atoms with Crippen molar-refractivity contribution in [2.75, 3.05) is 26.3 Å². The number of aromatic nitrogens is 2. The van der Waals surface area contributed by atoms with Crippen molar-refractivity contribution in [2.45, 2.75) is 51.0 Å². The SMILES string of the molecule is CC(C)NC(=O)N1CCOC[C@]2(CC[C@H](Cn3ncccc3=O)O2)C1. The van der Waals surface area contributed by atoms with E-state index in [9.17, 15) is 9.59 Å². The zero-order chi connectivity index (χ0) is 17.9. The molecule has 2 aliphatic rings. The van der Waals surface area contributed by atoms with Gasteiger partial charge in [0.15, 0.2) is 0 Å². The van der Waals surface area contributed by atoms with Gasteiger partial charge in [-0.05, 0) is 32.8 Å². The fourth-order valence-electron chi connectivity index (χ4n) is 3.38. The van der Waals surface area contributed by atoms with Crippen molar-refractivity contribution in [3.8, 4) is 0 Å². The maximum absolute atomic E-state index is 12.4. The van der Waals surface area contributed by atoms with Gasteiger partial charge in [0.1, 0.15) is 5.60 Å². The van der Waals surface area contributed by atoms with Crippen molar-refractivity contribution < 1.29 is 14.3 Å². The van der Waals surface area contributed by atoms with Gasteiger partial charge in [0, 0.05) is 24.8 Å². The highest BCUT2D eigenvalue weighted by atomic mass is 16.6. The molecule has 8 heteroatoms. The second kappa shape index (κ2) is 7.53. The van der Waals surface area contributed by atoms with Crippen LogP contribution < -0.4 is 10.9 Å². The molecular weight excluding hydrogens is 324 g/mol. The molecule has 0 unspecified atom stereocenters. The van der Waals surface area contributed by atoms with Crippen molar-refractivity contribution >= 4 is 6.03 Å². The predicted molar refractivity (Wildman–Crippen MR) is 91.4 cm³/mol. The second-order valence-corrected chi connectivity index (χ2v) is 7.08. The minimum atomic E-state index is -0.506. The molecule has 1 aromatic rings. The van der Waals surface area contributed by atoms with E-state index in [0.717, 1.165) is 12.8 Å². The minimum absolute atomic E-state index is 0.0842. The molecule has 2 aliphatic heterocycles. The third-order valence-electron chi connectivity index (χ3n) is 4.55. The Morgan fingerprint density at radius 1 is 1.52 bits per heavy atom. The summed E-state index contributed by atoms with van der Waals surface area (Å²) in [6.45, 7) is 6.31. The summed E-state index contributed by atoms with van der Waals surface area (Å²) in [7, 11) is 0. The lowest BCUT2D eigenvalue weighted by Gasteiger charge is -2.32. The fraction of sp³-hybridized carbons (Fsp3) is 0.706. The lowest BCUT2D eigenvalue weighted by Crippen LogP contribution is -2.51. The van der Waals surface area contributed by atoms with Gasteiger partial charge in [-0.3, -0.25) is 4.79 Å². The molecule has 138 valence electrons. The minimum Gasteiger partial charge on any atom is -0.377 e. The van der Waals surface area contributed by atoms with Crippen molar-refractivity contribution in [3.05, 3.63) is 28.7 Å². The first-order chi connectivity index (χ1) is 12.0. The molecular formula is C17H26N4O4. The van der Waals surface area contributed by atoms with Crippen molar-refractivity contribution in [1.82, 2.24) is 20.0 Å². The summed E-state index contributed by atoms with van der Waals surface area (Å²) in [5.41, 5.74) is -0.643. The number of nitrogens with zero attached hydrogens (tertiary/aromatic N) is 3. The number of hydrogen-bond donors (Lipinski definition) is 1. The Balaban J connectivity index is 1.66. The molecule has 0 bridgehead atoms. The van der Waals surface area contributed by atoms with Gasteiger partial charge < -0.3 is 19.7 Å². The maximum Gasteiger partial charge on any atom is 0.317 e. The summed E-state index contributed by atoms with van der Waals surface area (Å²) in [6.07, 6.45) is 3.10. The monoisotopic (exact) mass is 350 g/mol. The third-order valence-corrected chi connectivity index (χ3v) is 4.55. The highest BCUT2D eigenvalue weighted by Gasteiger charge is 2.44. The topological polar surface area (TPSA) is 85.7 Å². The quantitative estimate of drug-likeness (QED) is 0.863. The van der Waals surface area contributed by atoms with Crippen LogP contribution in [0.5, 0.6) is 0 Å². The van der Waals surface area contributed by atoms with E-state index in [1.807, 2.05) is 13.8 Å². The smallest absolute Gasteiger partial charge is 0.317 e. The number of urea groups is 1. The van der Waals surface area contributed by atoms with Crippen LogP contribution in [0.3, 0.4) is 0 Å². The lowest BCUT2D eigenvalue weighted by atomic mass is 10.00. The van der Waals surface area contributed by atoms with E-state index in [4.69, 9.17) is 9.47 Å². The maximum atomic E-state index is 12.4. The molecule has 2 saturated heterocycles. The van der Waals surface area contributed by atoms with E-state index in [0.29, 0.717) is 32.8 Å². The highest BCUT2D eigenvalue weighted by Crippen LogP contribution is 2.33. The van der Waals surface area contributed by atoms with Crippen LogP contribution in [0.4, 0.5) is 4.79 Å². The molecule has 2 atom stereocenters. The molecule has 25 heavy (non-hydrogen) atoms. The Hall–Kier alpha value is -1.93. The molecule has 8 nitrogen and oxygen atoms in total. The average Bonchev–Trinajstić information content (AvgIpc) is 2.81. The van der Waals surface area contributed by atoms with Gasteiger partial charge in [0.25, 0.3) is 5.56 Å². The molecule has 2 amide bonds. The number of amides is 2. The molecule has 3 heterocycles. The fourth-order valence-corrected chi connectivity index (χ4v) is 3.38. The molecule has 0 radical (unpaired) electrons. The lowest BCUT2D eigenvalue weighted by molar-refractivity contribution is -0.0879. The molecule has 0 aliphatic carbocycles. The van der Waals surface area contributed by atoms with E-state index in [-0.39, 0.29) is 23.7 Å². The number of rotatable bonds is 3. The summed E-state index contributed by atoms with van der Waals surface area (Å²) in [5, 5.41) is 7.01. The molecule has 0 saturated carbocycles. The van der Waals surface area contributed by atoms with E-state index < -0.39 is 5.60 Å². The van der Waals surface area contributed by atoms with Gasteiger partial charge >= 0.3 is 6.03 Å². The van der Waals surface area contributed by atoms with Crippen LogP contribution in [0.1, 0.15) is 26.7 Å². The summed E-state index contributed by atoms with van der Waals surface area (Å²) in [6, 6.07) is 3.11. The van der Waals surface area contributed by atoms with Crippen LogP contribution in [0.15, 0.2) is 23.1 Å². The molecule has 0 aromatic carbocycles. The van der Waals surface area contributed by atoms with Crippen molar-refractivity contribution in [3.63, 3.8) is 0 Å². The normalized spacial score (nSPS) is 26.8. The largest absolute Gasteiger partial charge is 0.377 e. The van der Waals surface area contributed by atoms with Crippen LogP contribution in [0, 0.1) is 0 Å². The Morgan fingerprint density at radius 3 is 3.12 bits per heavy atom. The molecule has 1 spiro atoms. The van der Waals surface area contributed by atoms with Crippen LogP contribution in [-0.2, 0) is 16.0 Å². The molecule has 3 rings (SSSR count). The predicted octanol–water partition coefficient (Wildman–Crippen LogP) is 0.611. The number of hydrogen-bond acceptors (Lipinski definition) is 5. The van der Waals surface area contributed by atoms with E-state index in [2.05, 4.69) is 10.4 Å². The van der Waals surface area contributed by atoms with Crippen LogP contribution >= 0.6 is 0 Å². The second-order valence-electron chi connectivity index (χ2n) is 7.08. The Labute approximate surface area is 147 Å². The molecule has 1 aromatic heterocycles. The summed E-state index contributed by atoms with van der Waals surface area (Å²) >= 11 is 0. The summed E-state index contributed by atoms with van der Waals surface area (Å²) in [4.78, 5) is 26.0. The highest BCUT2D eigenvalue weighted by molar-refractivity contribution is 5.74. The van der Waals surface area contributed by atoms with Gasteiger partial charge in [-0.2, -0.15) is 5.10 Å². The van der Waals surface area contributed by atoms with E-state index >= 15 is 0 Å². The van der Waals surface area contributed by atoms with Crippen molar-refractivity contribution in [2.24, 2.45) is 0 Å². The van der Waals surface area contributed by atoms with Crippen molar-refractivity contribution in [1.29, 1.82) is 0 Å². The van der Waals surface area contributed by atoms with Gasteiger partial charge in [0.05, 0.1) is 32.4 Å². The molecule has 1 N–H and O–H groups in total. The first-order valence-electron chi connectivity index (χ1n) is 8.81. The first-order valence-corrected chi connectivity index (χ1v) is 8.81. The number of carbonyl (C=O) groups is 1. The molecule has 2 fully saturated rings. The number of nitrogens with one attached hydrogen (secondary N) is 1. The Bertz CT molecular complexity index is 662. The standard InChI is InChI=1S/C17H26N4O4/c1-13(2)19-16(23)20-8-9-24-12-17(11-20)6-5-14(25-17)10-21-15(22)4-3-7-18-21/h3-4,7,13-14H,5-6,8-12H2,1-2H3,(H,19,23)/t14-,17+/m1/s1.